The summed E-state index contributed by atoms with van der Waals surface area (Å²) >= 11 is 14.5. The van der Waals surface area contributed by atoms with Crippen LogP contribution in [-0.4, -0.2) is 56.3 Å². The Morgan fingerprint density at radius 3 is 2.59 bits per heavy atom. The van der Waals surface area contributed by atoms with Crippen LogP contribution in [0.5, 0.6) is 5.75 Å². The van der Waals surface area contributed by atoms with E-state index in [4.69, 9.17) is 37.7 Å². The maximum atomic E-state index is 12.8. The lowest BCUT2D eigenvalue weighted by molar-refractivity contribution is -0.218. The monoisotopic (exact) mass is 567 g/mol. The Labute approximate surface area is 228 Å². The van der Waals surface area contributed by atoms with Crippen LogP contribution in [0.15, 0.2) is 23.6 Å². The number of aromatic nitrogens is 2. The van der Waals surface area contributed by atoms with E-state index in [2.05, 4.69) is 23.8 Å². The maximum Gasteiger partial charge on any atom is 0.411 e. The van der Waals surface area contributed by atoms with E-state index in [1.54, 1.807) is 32.9 Å². The standard InChI is InChI=1S/C25H27Cl2N3O6S/c1-12(2)17-11-37-22(29-17)16-9-15(26)14-6-7-19(20(27)21(14)28-16)35-36-23(32)18-8-13(31)10-30(18)24(33)34-25(3,4)5/h6-7,9,11-13,18,31H,8,10H2,1-5H3/t13-,18+/m1/s1. The van der Waals surface area contributed by atoms with Gasteiger partial charge in [-0.05, 0) is 44.9 Å². The van der Waals surface area contributed by atoms with Gasteiger partial charge < -0.3 is 9.84 Å². The highest BCUT2D eigenvalue weighted by atomic mass is 35.5. The number of β-amino-alcohol motifs (C(OH)–C–C–N with tert-alkyl or cyclic N) is 1. The van der Waals surface area contributed by atoms with E-state index < -0.39 is 29.8 Å². The molecule has 4 rings (SSSR count). The molecular weight excluding hydrogens is 541 g/mol. The highest BCUT2D eigenvalue weighted by Crippen LogP contribution is 2.38. The number of hydrogen-bond acceptors (Lipinski definition) is 9. The second kappa shape index (κ2) is 10.6. The van der Waals surface area contributed by atoms with Crippen molar-refractivity contribution in [2.24, 2.45) is 0 Å². The minimum absolute atomic E-state index is 0.0143. The van der Waals surface area contributed by atoms with Crippen LogP contribution < -0.4 is 4.89 Å². The molecule has 9 nitrogen and oxygen atoms in total. The SMILES string of the molecule is CC(C)c1csc(-c2cc(Cl)c3ccc(OOC(=O)[C@@H]4C[C@@H](O)CN4C(=O)OC(C)(C)C)c(Cl)c3n2)n1. The van der Waals surface area contributed by atoms with Gasteiger partial charge in [-0.1, -0.05) is 37.0 Å². The molecule has 0 bridgehead atoms. The summed E-state index contributed by atoms with van der Waals surface area (Å²) in [4.78, 5) is 46.0. The van der Waals surface area contributed by atoms with Crippen molar-refractivity contribution in [1.82, 2.24) is 14.9 Å². The summed E-state index contributed by atoms with van der Waals surface area (Å²) in [5, 5.41) is 13.8. The lowest BCUT2D eigenvalue weighted by atomic mass is 10.1. The second-order valence-electron chi connectivity index (χ2n) is 10.0. The molecule has 2 aromatic heterocycles. The first-order valence-electron chi connectivity index (χ1n) is 11.6. The number of fused-ring (bicyclic) bond motifs is 1. The average Bonchev–Trinajstić information content (AvgIpc) is 3.45. The normalized spacial score (nSPS) is 17.9. The minimum atomic E-state index is -1.08. The van der Waals surface area contributed by atoms with Crippen molar-refractivity contribution in [1.29, 1.82) is 0 Å². The van der Waals surface area contributed by atoms with Crippen LogP contribution in [0, 0.1) is 0 Å². The Balaban J connectivity index is 1.54. The van der Waals surface area contributed by atoms with Gasteiger partial charge in [-0.15, -0.1) is 11.3 Å². The summed E-state index contributed by atoms with van der Waals surface area (Å²) in [5.41, 5.74) is 1.09. The Kier molecular flexibility index (Phi) is 7.85. The Bertz CT molecular complexity index is 1340. The molecule has 1 aliphatic heterocycles. The van der Waals surface area contributed by atoms with Crippen molar-refractivity contribution < 1.29 is 29.2 Å². The molecule has 1 N–H and O–H groups in total. The molecule has 0 saturated carbocycles. The fourth-order valence-corrected chi connectivity index (χ4v) is 5.18. The summed E-state index contributed by atoms with van der Waals surface area (Å²) in [6, 6.07) is 3.79. The number of ether oxygens (including phenoxy) is 1. The third-order valence-electron chi connectivity index (χ3n) is 5.56. The van der Waals surface area contributed by atoms with Gasteiger partial charge in [0.1, 0.15) is 27.4 Å². The number of halogens is 2. The van der Waals surface area contributed by atoms with Crippen molar-refractivity contribution in [3.63, 3.8) is 0 Å². The van der Waals surface area contributed by atoms with Crippen molar-refractivity contribution in [3.8, 4) is 16.5 Å². The van der Waals surface area contributed by atoms with Gasteiger partial charge in [0.05, 0.1) is 28.9 Å². The first-order valence-corrected chi connectivity index (χ1v) is 13.3. The fraction of sp³-hybridized carbons (Fsp3) is 0.440. The zero-order valence-corrected chi connectivity index (χ0v) is 23.3. The van der Waals surface area contributed by atoms with Crippen molar-refractivity contribution in [3.05, 3.63) is 39.3 Å². The molecule has 1 aliphatic rings. The number of carbonyl (C=O) groups is 2. The molecule has 0 spiro atoms. The van der Waals surface area contributed by atoms with Gasteiger partial charge in [0.25, 0.3) is 0 Å². The number of benzene rings is 1. The van der Waals surface area contributed by atoms with Gasteiger partial charge in [0.2, 0.25) is 0 Å². The highest BCUT2D eigenvalue weighted by Gasteiger charge is 2.42. The van der Waals surface area contributed by atoms with Gasteiger partial charge in [0, 0.05) is 17.2 Å². The Hall–Kier alpha value is -2.66. The number of pyridine rings is 1. The zero-order chi connectivity index (χ0) is 27.1. The number of thiazole rings is 1. The fourth-order valence-electron chi connectivity index (χ4n) is 3.74. The number of hydrogen-bond donors (Lipinski definition) is 1. The van der Waals surface area contributed by atoms with E-state index in [9.17, 15) is 14.7 Å². The number of likely N-dealkylation sites (tertiary alicyclic amines) is 1. The summed E-state index contributed by atoms with van der Waals surface area (Å²) in [6.07, 6.45) is -1.65. The number of aliphatic hydroxyl groups excluding tert-OH is 1. The summed E-state index contributed by atoms with van der Waals surface area (Å²) in [7, 11) is 0. The van der Waals surface area contributed by atoms with Crippen LogP contribution in [0.25, 0.3) is 21.6 Å². The van der Waals surface area contributed by atoms with Crippen molar-refractivity contribution >= 4 is 57.5 Å². The number of aliphatic hydroxyl groups is 1. The molecule has 2 atom stereocenters. The number of nitrogens with zero attached hydrogens (tertiary/aromatic N) is 3. The quantitative estimate of drug-likeness (QED) is 0.295. The zero-order valence-electron chi connectivity index (χ0n) is 20.9. The second-order valence-corrected chi connectivity index (χ2v) is 11.7. The first kappa shape index (κ1) is 27.4. The number of carbonyl (C=O) groups excluding carboxylic acids is 2. The minimum Gasteiger partial charge on any atom is -0.444 e. The molecule has 0 unspecified atom stereocenters. The largest absolute Gasteiger partial charge is 0.444 e. The molecule has 1 amide bonds. The Morgan fingerprint density at radius 1 is 1.22 bits per heavy atom. The number of rotatable bonds is 5. The molecular formula is C25H27Cl2N3O6S. The third kappa shape index (κ3) is 6.09. The summed E-state index contributed by atoms with van der Waals surface area (Å²) in [5.74, 6) is -0.568. The van der Waals surface area contributed by atoms with Crippen LogP contribution >= 0.6 is 34.5 Å². The van der Waals surface area contributed by atoms with E-state index in [1.165, 1.54) is 17.4 Å². The smallest absolute Gasteiger partial charge is 0.411 e. The van der Waals surface area contributed by atoms with E-state index in [-0.39, 0.29) is 29.7 Å². The van der Waals surface area contributed by atoms with E-state index in [0.717, 1.165) is 10.6 Å². The third-order valence-corrected chi connectivity index (χ3v) is 7.12. The van der Waals surface area contributed by atoms with E-state index in [0.29, 0.717) is 26.6 Å². The molecule has 3 aromatic rings. The molecule has 1 aromatic carbocycles. The van der Waals surface area contributed by atoms with Gasteiger partial charge >= 0.3 is 12.1 Å². The van der Waals surface area contributed by atoms with Crippen LogP contribution in [0.2, 0.25) is 10.0 Å². The van der Waals surface area contributed by atoms with Gasteiger partial charge in [-0.2, -0.15) is 0 Å². The van der Waals surface area contributed by atoms with E-state index in [1.807, 2.05) is 5.38 Å². The topological polar surface area (TPSA) is 111 Å². The average molecular weight is 568 g/mol. The molecule has 1 fully saturated rings. The summed E-state index contributed by atoms with van der Waals surface area (Å²) in [6.45, 7) is 9.17. The van der Waals surface area contributed by atoms with Crippen molar-refractivity contribution in [2.75, 3.05) is 6.54 Å². The van der Waals surface area contributed by atoms with Crippen LogP contribution in [0.1, 0.15) is 52.7 Å². The lowest BCUT2D eigenvalue weighted by Crippen LogP contribution is -2.44. The van der Waals surface area contributed by atoms with Crippen molar-refractivity contribution in [2.45, 2.75) is 64.7 Å². The van der Waals surface area contributed by atoms with Crippen LogP contribution in [0.4, 0.5) is 4.79 Å². The van der Waals surface area contributed by atoms with Crippen LogP contribution in [0.3, 0.4) is 0 Å². The van der Waals surface area contributed by atoms with Crippen LogP contribution in [-0.2, 0) is 14.4 Å². The highest BCUT2D eigenvalue weighted by molar-refractivity contribution is 7.13. The molecule has 12 heteroatoms. The Morgan fingerprint density at radius 2 is 1.95 bits per heavy atom. The van der Waals surface area contributed by atoms with Gasteiger partial charge in [-0.3, -0.25) is 9.79 Å². The maximum absolute atomic E-state index is 12.8. The molecule has 37 heavy (non-hydrogen) atoms. The lowest BCUT2D eigenvalue weighted by Gasteiger charge is -2.27. The predicted molar refractivity (Wildman–Crippen MR) is 141 cm³/mol. The molecule has 198 valence electrons. The molecule has 3 heterocycles. The predicted octanol–water partition coefficient (Wildman–Crippen LogP) is 6.00. The number of amides is 1. The molecule has 0 aliphatic carbocycles. The summed E-state index contributed by atoms with van der Waals surface area (Å²) < 4.78 is 5.33. The van der Waals surface area contributed by atoms with Gasteiger partial charge in [-0.25, -0.2) is 24.4 Å². The molecule has 1 saturated heterocycles. The molecule has 0 radical (unpaired) electrons. The first-order chi connectivity index (χ1) is 17.3. The van der Waals surface area contributed by atoms with E-state index >= 15 is 0 Å². The van der Waals surface area contributed by atoms with Gasteiger partial charge in [0.15, 0.2) is 5.75 Å².